The van der Waals surface area contributed by atoms with Gasteiger partial charge in [0.25, 0.3) is 0 Å². The molecule has 7 heteroatoms. The number of rotatable bonds is 8. The zero-order chi connectivity index (χ0) is 19.9. The van der Waals surface area contributed by atoms with Gasteiger partial charge < -0.3 is 24.8 Å². The van der Waals surface area contributed by atoms with E-state index >= 15 is 0 Å². The van der Waals surface area contributed by atoms with E-state index in [1.54, 1.807) is 21.3 Å². The van der Waals surface area contributed by atoms with Gasteiger partial charge in [-0.15, -0.1) is 0 Å². The number of nitrogens with one attached hydrogen (secondary N) is 2. The van der Waals surface area contributed by atoms with Gasteiger partial charge in [0.1, 0.15) is 34.7 Å². The van der Waals surface area contributed by atoms with Gasteiger partial charge in [-0.05, 0) is 36.8 Å². The van der Waals surface area contributed by atoms with Crippen molar-refractivity contribution in [2.24, 2.45) is 0 Å². The lowest BCUT2D eigenvalue weighted by molar-refractivity contribution is 0.405. The predicted molar refractivity (Wildman–Crippen MR) is 110 cm³/mol. The molecule has 28 heavy (non-hydrogen) atoms. The molecule has 0 fully saturated rings. The molecule has 1 aromatic heterocycles. The Balaban J connectivity index is 1.76. The predicted octanol–water partition coefficient (Wildman–Crippen LogP) is 4.17. The quantitative estimate of drug-likeness (QED) is 0.607. The van der Waals surface area contributed by atoms with E-state index in [0.717, 1.165) is 28.6 Å². The Kier molecular flexibility index (Phi) is 6.16. The van der Waals surface area contributed by atoms with Gasteiger partial charge in [-0.1, -0.05) is 12.1 Å². The van der Waals surface area contributed by atoms with Gasteiger partial charge in [-0.25, -0.2) is 9.97 Å². The Morgan fingerprint density at radius 2 is 1.46 bits per heavy atom. The summed E-state index contributed by atoms with van der Waals surface area (Å²) in [6.45, 7) is 2.49. The maximum atomic E-state index is 5.41. The fraction of sp³-hybridized carbons (Fsp3) is 0.238. The first-order valence-electron chi connectivity index (χ1n) is 8.83. The standard InChI is InChI=1S/C21H24N4O3/c1-14-23-20(22-13-15-5-7-16(26-2)8-6-15)12-21(24-14)25-18-11-17(27-3)9-10-19(18)28-4/h5-12H,13H2,1-4H3,(H2,22,23,24,25). The fourth-order valence-electron chi connectivity index (χ4n) is 2.71. The summed E-state index contributed by atoms with van der Waals surface area (Å²) in [6.07, 6.45) is 0. The Labute approximate surface area is 164 Å². The second-order valence-electron chi connectivity index (χ2n) is 6.08. The normalized spacial score (nSPS) is 10.3. The van der Waals surface area contributed by atoms with Crippen LogP contribution in [-0.4, -0.2) is 31.3 Å². The third kappa shape index (κ3) is 4.82. The van der Waals surface area contributed by atoms with E-state index in [2.05, 4.69) is 20.6 Å². The van der Waals surface area contributed by atoms with Crippen LogP contribution in [0.25, 0.3) is 0 Å². The highest BCUT2D eigenvalue weighted by Crippen LogP contribution is 2.31. The van der Waals surface area contributed by atoms with Crippen molar-refractivity contribution in [2.45, 2.75) is 13.5 Å². The molecule has 2 N–H and O–H groups in total. The molecule has 0 amide bonds. The second kappa shape index (κ2) is 8.94. The van der Waals surface area contributed by atoms with Gasteiger partial charge in [-0.2, -0.15) is 0 Å². The van der Waals surface area contributed by atoms with Gasteiger partial charge in [0, 0.05) is 18.7 Å². The van der Waals surface area contributed by atoms with Crippen molar-refractivity contribution in [1.29, 1.82) is 0 Å². The summed E-state index contributed by atoms with van der Waals surface area (Å²) in [4.78, 5) is 8.92. The van der Waals surface area contributed by atoms with Crippen LogP contribution in [0.15, 0.2) is 48.5 Å². The minimum absolute atomic E-state index is 0.641. The maximum absolute atomic E-state index is 5.41. The maximum Gasteiger partial charge on any atom is 0.142 e. The first-order valence-corrected chi connectivity index (χ1v) is 8.83. The monoisotopic (exact) mass is 380 g/mol. The molecule has 0 saturated carbocycles. The van der Waals surface area contributed by atoms with Crippen LogP contribution < -0.4 is 24.8 Å². The van der Waals surface area contributed by atoms with Gasteiger partial charge in [0.2, 0.25) is 0 Å². The van der Waals surface area contributed by atoms with Gasteiger partial charge in [0.15, 0.2) is 0 Å². The summed E-state index contributed by atoms with van der Waals surface area (Å²) in [7, 11) is 4.91. The third-order valence-corrected chi connectivity index (χ3v) is 4.14. The highest BCUT2D eigenvalue weighted by Gasteiger charge is 2.08. The van der Waals surface area contributed by atoms with Crippen LogP contribution in [0.3, 0.4) is 0 Å². The van der Waals surface area contributed by atoms with Crippen LogP contribution in [0.1, 0.15) is 11.4 Å². The number of hydrogen-bond acceptors (Lipinski definition) is 7. The molecule has 0 aliphatic rings. The largest absolute Gasteiger partial charge is 0.497 e. The van der Waals surface area contributed by atoms with Gasteiger partial charge >= 0.3 is 0 Å². The number of aryl methyl sites for hydroxylation is 1. The van der Waals surface area contributed by atoms with E-state index in [-0.39, 0.29) is 0 Å². The number of ether oxygens (including phenoxy) is 3. The molecule has 0 unspecified atom stereocenters. The lowest BCUT2D eigenvalue weighted by Gasteiger charge is -2.14. The first kappa shape index (κ1) is 19.3. The molecular weight excluding hydrogens is 356 g/mol. The number of methoxy groups -OCH3 is 3. The first-order chi connectivity index (χ1) is 13.6. The number of nitrogens with zero attached hydrogens (tertiary/aromatic N) is 2. The highest BCUT2D eigenvalue weighted by molar-refractivity contribution is 5.67. The number of anilines is 3. The van der Waals surface area contributed by atoms with E-state index < -0.39 is 0 Å². The Hall–Kier alpha value is -3.48. The summed E-state index contributed by atoms with van der Waals surface area (Å²) in [6, 6.07) is 15.3. The fourth-order valence-corrected chi connectivity index (χ4v) is 2.71. The summed E-state index contributed by atoms with van der Waals surface area (Å²) in [5.41, 5.74) is 1.89. The molecule has 0 aliphatic carbocycles. The summed E-state index contributed by atoms with van der Waals surface area (Å²) >= 11 is 0. The Morgan fingerprint density at radius 1 is 0.786 bits per heavy atom. The zero-order valence-corrected chi connectivity index (χ0v) is 16.4. The number of hydrogen-bond donors (Lipinski definition) is 2. The van der Waals surface area contributed by atoms with Crippen molar-refractivity contribution >= 4 is 17.3 Å². The number of aromatic nitrogens is 2. The molecule has 0 bridgehead atoms. The average molecular weight is 380 g/mol. The topological polar surface area (TPSA) is 77.5 Å². The SMILES string of the molecule is COc1ccc(CNc2cc(Nc3cc(OC)ccc3OC)nc(C)n2)cc1. The second-order valence-corrected chi connectivity index (χ2v) is 6.08. The molecule has 146 valence electrons. The average Bonchev–Trinajstić information content (AvgIpc) is 2.72. The van der Waals surface area contributed by atoms with Crippen molar-refractivity contribution in [2.75, 3.05) is 32.0 Å². The molecule has 0 spiro atoms. The summed E-state index contributed by atoms with van der Waals surface area (Å²) < 4.78 is 15.9. The van der Waals surface area contributed by atoms with Crippen LogP contribution in [0.2, 0.25) is 0 Å². The third-order valence-electron chi connectivity index (χ3n) is 4.14. The van der Waals surface area contributed by atoms with Crippen LogP contribution in [-0.2, 0) is 6.54 Å². The molecule has 7 nitrogen and oxygen atoms in total. The molecule has 2 aromatic carbocycles. The summed E-state index contributed by atoms with van der Waals surface area (Å²) in [5, 5.41) is 6.61. The lowest BCUT2D eigenvalue weighted by atomic mass is 10.2. The molecule has 0 radical (unpaired) electrons. The molecule has 0 atom stereocenters. The Bertz CT molecular complexity index is 929. The van der Waals surface area contributed by atoms with Gasteiger partial charge in [0.05, 0.1) is 27.0 Å². The van der Waals surface area contributed by atoms with Crippen molar-refractivity contribution in [3.05, 3.63) is 59.9 Å². The smallest absolute Gasteiger partial charge is 0.142 e. The molecule has 1 heterocycles. The van der Waals surface area contributed by atoms with Crippen LogP contribution in [0.4, 0.5) is 17.3 Å². The van der Waals surface area contributed by atoms with Crippen molar-refractivity contribution in [3.63, 3.8) is 0 Å². The van der Waals surface area contributed by atoms with E-state index in [0.29, 0.717) is 23.9 Å². The summed E-state index contributed by atoms with van der Waals surface area (Å²) in [5.74, 6) is 4.31. The van der Waals surface area contributed by atoms with E-state index in [9.17, 15) is 0 Å². The molecule has 0 aliphatic heterocycles. The minimum atomic E-state index is 0.641. The number of benzene rings is 2. The van der Waals surface area contributed by atoms with E-state index in [1.165, 1.54) is 0 Å². The van der Waals surface area contributed by atoms with Crippen LogP contribution >= 0.6 is 0 Å². The zero-order valence-electron chi connectivity index (χ0n) is 16.4. The van der Waals surface area contributed by atoms with Crippen LogP contribution in [0, 0.1) is 6.92 Å². The molecule has 0 saturated heterocycles. The molecule has 3 rings (SSSR count). The Morgan fingerprint density at radius 3 is 2.14 bits per heavy atom. The molecule has 3 aromatic rings. The van der Waals surface area contributed by atoms with Crippen molar-refractivity contribution < 1.29 is 14.2 Å². The van der Waals surface area contributed by atoms with E-state index in [4.69, 9.17) is 14.2 Å². The van der Waals surface area contributed by atoms with Gasteiger partial charge in [-0.3, -0.25) is 0 Å². The van der Waals surface area contributed by atoms with Crippen molar-refractivity contribution in [1.82, 2.24) is 9.97 Å². The minimum Gasteiger partial charge on any atom is -0.497 e. The van der Waals surface area contributed by atoms with E-state index in [1.807, 2.05) is 55.5 Å². The molecular formula is C21H24N4O3. The highest BCUT2D eigenvalue weighted by atomic mass is 16.5. The van der Waals surface area contributed by atoms with Crippen molar-refractivity contribution in [3.8, 4) is 17.2 Å². The lowest BCUT2D eigenvalue weighted by Crippen LogP contribution is -2.05. The van der Waals surface area contributed by atoms with Crippen LogP contribution in [0.5, 0.6) is 17.2 Å².